The Labute approximate surface area is 136 Å². The molecule has 4 N–H and O–H groups in total. The van der Waals surface area contributed by atoms with E-state index in [0.717, 1.165) is 10.9 Å². The van der Waals surface area contributed by atoms with Gasteiger partial charge in [0.1, 0.15) is 35.7 Å². The molecule has 1 aromatic heterocycles. The fourth-order valence-corrected chi connectivity index (χ4v) is 2.68. The number of benzene rings is 1. The zero-order chi connectivity index (χ0) is 17.4. The molecule has 8 nitrogen and oxygen atoms in total. The fourth-order valence-electron chi connectivity index (χ4n) is 2.68. The van der Waals surface area contributed by atoms with Crippen LogP contribution in [0.2, 0.25) is 0 Å². The van der Waals surface area contributed by atoms with Crippen LogP contribution in [0.5, 0.6) is 5.75 Å². The maximum absolute atomic E-state index is 11.5. The molecule has 0 aliphatic carbocycles. The first-order valence-corrected chi connectivity index (χ1v) is 7.42. The second-order valence-corrected chi connectivity index (χ2v) is 5.72. The number of aryl methyl sites for hydroxylation is 1. The lowest BCUT2D eigenvalue weighted by molar-refractivity contribution is -0.277. The topological polar surface area (TPSA) is 130 Å². The van der Waals surface area contributed by atoms with Crippen molar-refractivity contribution in [1.82, 2.24) is 0 Å². The molecule has 3 rings (SSSR count). The molecule has 0 saturated carbocycles. The van der Waals surface area contributed by atoms with Crippen LogP contribution in [0.1, 0.15) is 5.56 Å². The van der Waals surface area contributed by atoms with Gasteiger partial charge in [0, 0.05) is 17.5 Å². The third-order valence-corrected chi connectivity index (χ3v) is 4.02. The molecular weight excluding hydrogens is 320 g/mol. The second-order valence-electron chi connectivity index (χ2n) is 5.72. The zero-order valence-corrected chi connectivity index (χ0v) is 12.8. The van der Waals surface area contributed by atoms with Crippen molar-refractivity contribution in [3.8, 4) is 5.75 Å². The highest BCUT2D eigenvalue weighted by Crippen LogP contribution is 2.27. The van der Waals surface area contributed by atoms with Crippen molar-refractivity contribution in [3.05, 3.63) is 40.2 Å². The molecule has 0 spiro atoms. The van der Waals surface area contributed by atoms with Gasteiger partial charge in [0.25, 0.3) is 0 Å². The fraction of sp³-hybridized carbons (Fsp3) is 0.438. The predicted octanol–water partition coefficient (Wildman–Crippen LogP) is -0.720. The van der Waals surface area contributed by atoms with Gasteiger partial charge in [0.15, 0.2) is 0 Å². The molecule has 2 aromatic rings. The summed E-state index contributed by atoms with van der Waals surface area (Å²) >= 11 is 0. The van der Waals surface area contributed by atoms with Crippen molar-refractivity contribution >= 4 is 11.0 Å². The van der Waals surface area contributed by atoms with Crippen molar-refractivity contribution in [3.63, 3.8) is 0 Å². The smallest absolute Gasteiger partial charge is 0.336 e. The minimum atomic E-state index is -1.53. The Morgan fingerprint density at radius 1 is 1.12 bits per heavy atom. The van der Waals surface area contributed by atoms with E-state index in [0.29, 0.717) is 5.58 Å². The molecule has 130 valence electrons. The summed E-state index contributed by atoms with van der Waals surface area (Å²) < 4.78 is 15.9. The van der Waals surface area contributed by atoms with Crippen LogP contribution in [0, 0.1) is 6.92 Å². The number of aliphatic hydroxyl groups is 4. The van der Waals surface area contributed by atoms with Crippen molar-refractivity contribution in [2.45, 2.75) is 37.6 Å². The number of rotatable bonds is 3. The highest BCUT2D eigenvalue weighted by atomic mass is 16.7. The molecule has 0 bridgehead atoms. The summed E-state index contributed by atoms with van der Waals surface area (Å²) in [5.41, 5.74) is 0.563. The van der Waals surface area contributed by atoms with E-state index in [2.05, 4.69) is 0 Å². The Bertz CT molecular complexity index is 783. The van der Waals surface area contributed by atoms with Crippen LogP contribution in [-0.4, -0.2) is 57.7 Å². The average molecular weight is 338 g/mol. The standard InChI is InChI=1S/C16H18O8/c1-7-4-12(18)23-10-5-8(2-3-9(7)10)22-16-15(21)14(20)13(19)11(6-17)24-16/h2-5,11,13-17,19-21H,6H2,1H3/t11?,13-,14+,15+,16+/m1/s1. The third-order valence-electron chi connectivity index (χ3n) is 4.02. The molecule has 24 heavy (non-hydrogen) atoms. The highest BCUT2D eigenvalue weighted by Gasteiger charge is 2.44. The molecule has 0 amide bonds. The lowest BCUT2D eigenvalue weighted by Crippen LogP contribution is -2.60. The van der Waals surface area contributed by atoms with Gasteiger partial charge in [-0.25, -0.2) is 4.79 Å². The van der Waals surface area contributed by atoms with E-state index in [1.807, 2.05) is 0 Å². The third kappa shape index (κ3) is 3.02. The average Bonchev–Trinajstić information content (AvgIpc) is 2.55. The van der Waals surface area contributed by atoms with Gasteiger partial charge in [-0.2, -0.15) is 0 Å². The molecule has 0 radical (unpaired) electrons. The summed E-state index contributed by atoms with van der Waals surface area (Å²) in [7, 11) is 0. The predicted molar refractivity (Wildman–Crippen MR) is 81.6 cm³/mol. The Hall–Kier alpha value is -1.97. The second kappa shape index (κ2) is 6.50. The zero-order valence-electron chi connectivity index (χ0n) is 12.8. The van der Waals surface area contributed by atoms with E-state index in [9.17, 15) is 20.1 Å². The summed E-state index contributed by atoms with van der Waals surface area (Å²) in [5, 5.41) is 39.4. The van der Waals surface area contributed by atoms with Gasteiger partial charge < -0.3 is 34.3 Å². The van der Waals surface area contributed by atoms with E-state index in [4.69, 9.17) is 19.0 Å². The van der Waals surface area contributed by atoms with Gasteiger partial charge in [-0.05, 0) is 24.6 Å². The number of hydrogen-bond donors (Lipinski definition) is 4. The first kappa shape index (κ1) is 16.9. The maximum atomic E-state index is 11.5. The number of fused-ring (bicyclic) bond motifs is 1. The molecule has 1 saturated heterocycles. The molecule has 1 unspecified atom stereocenters. The summed E-state index contributed by atoms with van der Waals surface area (Å²) in [6.07, 6.45) is -6.85. The Kier molecular flexibility index (Phi) is 4.57. The summed E-state index contributed by atoms with van der Waals surface area (Å²) in [6.45, 7) is 1.23. The summed E-state index contributed by atoms with van der Waals surface area (Å²) in [4.78, 5) is 11.5. The van der Waals surface area contributed by atoms with Crippen LogP contribution in [0.25, 0.3) is 11.0 Å². The van der Waals surface area contributed by atoms with Gasteiger partial charge in [-0.1, -0.05) is 0 Å². The van der Waals surface area contributed by atoms with Crippen molar-refractivity contribution in [1.29, 1.82) is 0 Å². The lowest BCUT2D eigenvalue weighted by atomic mass is 9.99. The lowest BCUT2D eigenvalue weighted by Gasteiger charge is -2.39. The molecular formula is C16H18O8. The maximum Gasteiger partial charge on any atom is 0.336 e. The first-order valence-electron chi connectivity index (χ1n) is 7.42. The van der Waals surface area contributed by atoms with Crippen LogP contribution in [0.15, 0.2) is 33.5 Å². The van der Waals surface area contributed by atoms with Crippen LogP contribution in [0.3, 0.4) is 0 Å². The quantitative estimate of drug-likeness (QED) is 0.540. The SMILES string of the molecule is Cc1cc(=O)oc2cc(O[C@H]3OC(CO)[C@@H](O)[C@H](O)[C@@H]3O)ccc12. The van der Waals surface area contributed by atoms with E-state index in [1.54, 1.807) is 19.1 Å². The van der Waals surface area contributed by atoms with Crippen LogP contribution < -0.4 is 10.4 Å². The molecule has 1 aliphatic rings. The molecule has 5 atom stereocenters. The molecule has 1 fully saturated rings. The first-order chi connectivity index (χ1) is 11.4. The monoisotopic (exact) mass is 338 g/mol. The minimum Gasteiger partial charge on any atom is -0.462 e. The minimum absolute atomic E-state index is 0.237. The van der Waals surface area contributed by atoms with Gasteiger partial charge in [0.2, 0.25) is 6.29 Å². The van der Waals surface area contributed by atoms with Gasteiger partial charge >= 0.3 is 5.63 Å². The Morgan fingerprint density at radius 3 is 2.58 bits per heavy atom. The van der Waals surface area contributed by atoms with Crippen molar-refractivity contribution in [2.75, 3.05) is 6.61 Å². The van der Waals surface area contributed by atoms with Gasteiger partial charge in [0.05, 0.1) is 6.61 Å². The number of hydrogen-bond acceptors (Lipinski definition) is 8. The van der Waals surface area contributed by atoms with Crippen molar-refractivity contribution in [2.24, 2.45) is 0 Å². The number of aliphatic hydroxyl groups excluding tert-OH is 4. The van der Waals surface area contributed by atoms with E-state index in [-0.39, 0.29) is 5.75 Å². The van der Waals surface area contributed by atoms with E-state index >= 15 is 0 Å². The highest BCUT2D eigenvalue weighted by molar-refractivity contribution is 5.81. The molecule has 2 heterocycles. The van der Waals surface area contributed by atoms with E-state index < -0.39 is 42.9 Å². The van der Waals surface area contributed by atoms with Crippen LogP contribution >= 0.6 is 0 Å². The number of ether oxygens (including phenoxy) is 2. The van der Waals surface area contributed by atoms with Crippen LogP contribution in [-0.2, 0) is 4.74 Å². The van der Waals surface area contributed by atoms with Gasteiger partial charge in [-0.15, -0.1) is 0 Å². The van der Waals surface area contributed by atoms with Gasteiger partial charge in [-0.3, -0.25) is 0 Å². The van der Waals surface area contributed by atoms with Crippen molar-refractivity contribution < 1.29 is 34.3 Å². The molecule has 8 heteroatoms. The largest absolute Gasteiger partial charge is 0.462 e. The normalized spacial score (nSPS) is 30.5. The Morgan fingerprint density at radius 2 is 1.88 bits per heavy atom. The Balaban J connectivity index is 1.87. The van der Waals surface area contributed by atoms with Crippen LogP contribution in [0.4, 0.5) is 0 Å². The molecule has 1 aliphatic heterocycles. The molecule has 1 aromatic carbocycles. The summed E-state index contributed by atoms with van der Waals surface area (Å²) in [5.74, 6) is 0.237. The van der Waals surface area contributed by atoms with E-state index in [1.165, 1.54) is 12.1 Å². The summed E-state index contributed by atoms with van der Waals surface area (Å²) in [6, 6.07) is 6.12.